The van der Waals surface area contributed by atoms with Crippen molar-refractivity contribution in [3.05, 3.63) is 35.0 Å². The molecule has 0 aliphatic heterocycles. The lowest BCUT2D eigenvalue weighted by atomic mass is 10.1. The van der Waals surface area contributed by atoms with Gasteiger partial charge in [-0.3, -0.25) is 0 Å². The predicted octanol–water partition coefficient (Wildman–Crippen LogP) is 2.07. The minimum absolute atomic E-state index is 0.495. The molecule has 0 fully saturated rings. The minimum atomic E-state index is -0.495. The maximum Gasteiger partial charge on any atom is 0.0914 e. The largest absolute Gasteiger partial charge is 0.387 e. The molecule has 15 heavy (non-hydrogen) atoms. The molecule has 0 bridgehead atoms. The van der Waals surface area contributed by atoms with Gasteiger partial charge < -0.3 is 15.4 Å². The molecule has 3 nitrogen and oxygen atoms in total. The van der Waals surface area contributed by atoms with E-state index >= 15 is 0 Å². The van der Waals surface area contributed by atoms with E-state index in [0.29, 0.717) is 11.6 Å². The van der Waals surface area contributed by atoms with E-state index in [1.807, 2.05) is 25.2 Å². The van der Waals surface area contributed by atoms with Gasteiger partial charge in [0.2, 0.25) is 0 Å². The monoisotopic (exact) mass is 224 g/mol. The Morgan fingerprint density at radius 1 is 1.53 bits per heavy atom. The summed E-state index contributed by atoms with van der Waals surface area (Å²) in [5.41, 5.74) is 1.86. The van der Waals surface area contributed by atoms with Crippen molar-refractivity contribution < 1.29 is 5.11 Å². The first-order chi connectivity index (χ1) is 7.22. The molecule has 0 saturated carbocycles. The zero-order valence-corrected chi connectivity index (χ0v) is 9.17. The van der Waals surface area contributed by atoms with Gasteiger partial charge >= 0.3 is 0 Å². The first-order valence-corrected chi connectivity index (χ1v) is 5.19. The summed E-state index contributed by atoms with van der Waals surface area (Å²) in [5.74, 6) is 0. The van der Waals surface area contributed by atoms with Crippen molar-refractivity contribution in [2.45, 2.75) is 6.10 Å². The summed E-state index contributed by atoms with van der Waals surface area (Å²) in [4.78, 5) is 3.06. The third-order valence-corrected chi connectivity index (χ3v) is 2.75. The van der Waals surface area contributed by atoms with Crippen molar-refractivity contribution in [3.8, 4) is 0 Å². The van der Waals surface area contributed by atoms with Gasteiger partial charge in [0.1, 0.15) is 0 Å². The molecule has 0 radical (unpaired) electrons. The van der Waals surface area contributed by atoms with Crippen LogP contribution in [0.4, 0.5) is 0 Å². The molecule has 80 valence electrons. The van der Waals surface area contributed by atoms with E-state index in [-0.39, 0.29) is 0 Å². The highest BCUT2D eigenvalue weighted by molar-refractivity contribution is 6.35. The molecule has 0 saturated heterocycles. The zero-order chi connectivity index (χ0) is 10.8. The number of aromatic amines is 1. The van der Waals surface area contributed by atoms with Gasteiger partial charge in [0.25, 0.3) is 0 Å². The number of aliphatic hydroxyl groups is 1. The standard InChI is InChI=1S/C11H13ClN2O/c1-13-6-11(15)7-2-3-10-8(4-7)9(12)5-14-10/h2-5,11,13-15H,6H2,1H3. The van der Waals surface area contributed by atoms with Crippen molar-refractivity contribution in [2.75, 3.05) is 13.6 Å². The van der Waals surface area contributed by atoms with E-state index in [1.165, 1.54) is 0 Å². The summed E-state index contributed by atoms with van der Waals surface area (Å²) < 4.78 is 0. The second kappa shape index (κ2) is 4.23. The van der Waals surface area contributed by atoms with E-state index in [2.05, 4.69) is 10.3 Å². The fourth-order valence-corrected chi connectivity index (χ4v) is 1.83. The normalized spacial score (nSPS) is 13.3. The average Bonchev–Trinajstić information content (AvgIpc) is 2.60. The number of H-pyrrole nitrogens is 1. The van der Waals surface area contributed by atoms with Gasteiger partial charge in [0, 0.05) is 23.6 Å². The molecule has 0 spiro atoms. The number of aliphatic hydroxyl groups excluding tert-OH is 1. The van der Waals surface area contributed by atoms with Crippen molar-refractivity contribution in [3.63, 3.8) is 0 Å². The summed E-state index contributed by atoms with van der Waals surface area (Å²) in [5, 5.41) is 14.4. The molecule has 1 heterocycles. The van der Waals surface area contributed by atoms with Crippen LogP contribution in [0.5, 0.6) is 0 Å². The first kappa shape index (κ1) is 10.5. The SMILES string of the molecule is CNCC(O)c1ccc2[nH]cc(Cl)c2c1. The van der Waals surface area contributed by atoms with Crippen LogP contribution in [0.1, 0.15) is 11.7 Å². The van der Waals surface area contributed by atoms with Crippen molar-refractivity contribution in [2.24, 2.45) is 0 Å². The van der Waals surface area contributed by atoms with Crippen molar-refractivity contribution in [1.82, 2.24) is 10.3 Å². The molecule has 3 N–H and O–H groups in total. The number of hydrogen-bond acceptors (Lipinski definition) is 2. The highest BCUT2D eigenvalue weighted by Gasteiger charge is 2.08. The number of nitrogens with one attached hydrogen (secondary N) is 2. The predicted molar refractivity (Wildman–Crippen MR) is 62.2 cm³/mol. The summed E-state index contributed by atoms with van der Waals surface area (Å²) in [7, 11) is 1.81. The Bertz CT molecular complexity index is 467. The van der Waals surface area contributed by atoms with Crippen molar-refractivity contribution in [1.29, 1.82) is 0 Å². The smallest absolute Gasteiger partial charge is 0.0914 e. The number of aromatic nitrogens is 1. The highest BCUT2D eigenvalue weighted by Crippen LogP contribution is 2.25. The average molecular weight is 225 g/mol. The molecule has 2 rings (SSSR count). The fourth-order valence-electron chi connectivity index (χ4n) is 1.62. The summed E-state index contributed by atoms with van der Waals surface area (Å²) in [6.45, 7) is 0.535. The summed E-state index contributed by atoms with van der Waals surface area (Å²) in [6, 6.07) is 5.74. The second-order valence-electron chi connectivity index (χ2n) is 3.52. The number of hydrogen-bond donors (Lipinski definition) is 3. The van der Waals surface area contributed by atoms with Crippen LogP contribution in [0.25, 0.3) is 10.9 Å². The Balaban J connectivity index is 2.41. The Hall–Kier alpha value is -1.03. The van der Waals surface area contributed by atoms with Gasteiger partial charge in [-0.05, 0) is 24.7 Å². The van der Waals surface area contributed by atoms with Crippen LogP contribution in [-0.2, 0) is 0 Å². The van der Waals surface area contributed by atoms with Gasteiger partial charge in [0.15, 0.2) is 0 Å². The third kappa shape index (κ3) is 2.00. The molecule has 2 aromatic rings. The highest BCUT2D eigenvalue weighted by atomic mass is 35.5. The molecule has 4 heteroatoms. The lowest BCUT2D eigenvalue weighted by Crippen LogP contribution is -2.16. The number of halogens is 1. The second-order valence-corrected chi connectivity index (χ2v) is 3.92. The van der Waals surface area contributed by atoms with Crippen LogP contribution in [0.15, 0.2) is 24.4 Å². The fraction of sp³-hybridized carbons (Fsp3) is 0.273. The summed E-state index contributed by atoms with van der Waals surface area (Å²) in [6.07, 6.45) is 1.26. The maximum absolute atomic E-state index is 9.79. The van der Waals surface area contributed by atoms with Crippen LogP contribution >= 0.6 is 11.6 Å². The molecule has 1 atom stereocenters. The molecule has 1 unspecified atom stereocenters. The quantitative estimate of drug-likeness (QED) is 0.748. The van der Waals surface area contributed by atoms with Gasteiger partial charge in [-0.1, -0.05) is 17.7 Å². The van der Waals surface area contributed by atoms with Gasteiger partial charge in [0.05, 0.1) is 11.1 Å². The Labute approximate surface area is 93.1 Å². The van der Waals surface area contributed by atoms with Gasteiger partial charge in [-0.15, -0.1) is 0 Å². The Morgan fingerprint density at radius 3 is 3.07 bits per heavy atom. The number of benzene rings is 1. The Kier molecular flexibility index (Phi) is 2.95. The third-order valence-electron chi connectivity index (χ3n) is 2.44. The van der Waals surface area contributed by atoms with Gasteiger partial charge in [-0.2, -0.15) is 0 Å². The lowest BCUT2D eigenvalue weighted by molar-refractivity contribution is 0.178. The van der Waals surface area contributed by atoms with Crippen molar-refractivity contribution >= 4 is 22.5 Å². The number of likely N-dealkylation sites (N-methyl/N-ethyl adjacent to an activating group) is 1. The molecular weight excluding hydrogens is 212 g/mol. The van der Waals surface area contributed by atoms with E-state index in [0.717, 1.165) is 16.5 Å². The molecule has 1 aromatic carbocycles. The van der Waals surface area contributed by atoms with E-state index < -0.39 is 6.10 Å². The first-order valence-electron chi connectivity index (χ1n) is 4.81. The minimum Gasteiger partial charge on any atom is -0.387 e. The maximum atomic E-state index is 9.79. The van der Waals surface area contributed by atoms with E-state index in [4.69, 9.17) is 11.6 Å². The number of fused-ring (bicyclic) bond motifs is 1. The van der Waals surface area contributed by atoms with Crippen LogP contribution < -0.4 is 5.32 Å². The van der Waals surface area contributed by atoms with Gasteiger partial charge in [-0.25, -0.2) is 0 Å². The lowest BCUT2D eigenvalue weighted by Gasteiger charge is -2.10. The van der Waals surface area contributed by atoms with Crippen LogP contribution in [0.2, 0.25) is 5.02 Å². The molecular formula is C11H13ClN2O. The topological polar surface area (TPSA) is 48.0 Å². The van der Waals surface area contributed by atoms with Crippen LogP contribution in [0.3, 0.4) is 0 Å². The van der Waals surface area contributed by atoms with E-state index in [1.54, 1.807) is 6.20 Å². The van der Waals surface area contributed by atoms with Crippen LogP contribution in [-0.4, -0.2) is 23.7 Å². The van der Waals surface area contributed by atoms with E-state index in [9.17, 15) is 5.11 Å². The zero-order valence-electron chi connectivity index (χ0n) is 8.42. The molecule has 0 aliphatic carbocycles. The number of rotatable bonds is 3. The summed E-state index contributed by atoms with van der Waals surface area (Å²) >= 11 is 6.00. The molecule has 1 aromatic heterocycles. The Morgan fingerprint density at radius 2 is 2.33 bits per heavy atom. The van der Waals surface area contributed by atoms with Crippen LogP contribution in [0, 0.1) is 0 Å². The molecule has 0 aliphatic rings. The molecule has 0 amide bonds.